The van der Waals surface area contributed by atoms with E-state index in [4.69, 9.17) is 0 Å². The molecule has 2 aromatic rings. The van der Waals surface area contributed by atoms with E-state index in [1.54, 1.807) is 12.5 Å². The lowest BCUT2D eigenvalue weighted by Gasteiger charge is -1.97. The van der Waals surface area contributed by atoms with Gasteiger partial charge in [0.15, 0.2) is 0 Å². The molecular weight excluding hydrogens is 136 g/mol. The van der Waals surface area contributed by atoms with E-state index in [1.165, 1.54) is 0 Å². The second-order valence-electron chi connectivity index (χ2n) is 2.22. The van der Waals surface area contributed by atoms with Crippen LogP contribution in [0.4, 0.5) is 0 Å². The monoisotopic (exact) mass is 143 g/mol. The molecule has 1 aromatic carbocycles. The first-order valence-electron chi connectivity index (χ1n) is 3.42. The molecule has 53 valence electrons. The number of rotatable bonds is 1. The molecule has 0 atom stereocenters. The van der Waals surface area contributed by atoms with Crippen molar-refractivity contribution in [3.63, 3.8) is 0 Å². The van der Waals surface area contributed by atoms with Crippen LogP contribution < -0.4 is 0 Å². The van der Waals surface area contributed by atoms with Gasteiger partial charge in [0, 0.05) is 18.5 Å². The molecule has 2 rings (SSSR count). The maximum atomic E-state index is 3.94. The zero-order valence-electron chi connectivity index (χ0n) is 5.94. The first kappa shape index (κ1) is 6.16. The van der Waals surface area contributed by atoms with Crippen molar-refractivity contribution in [2.24, 2.45) is 0 Å². The lowest BCUT2D eigenvalue weighted by molar-refractivity contribution is 1.05. The number of para-hydroxylation sites is 1. The summed E-state index contributed by atoms with van der Waals surface area (Å²) in [6.45, 7) is 0. The van der Waals surface area contributed by atoms with Crippen molar-refractivity contribution in [1.82, 2.24) is 9.55 Å². The molecule has 0 aliphatic rings. The smallest absolute Gasteiger partial charge is 0.0991 e. The second kappa shape index (κ2) is 2.58. The predicted molar refractivity (Wildman–Crippen MR) is 42.4 cm³/mol. The summed E-state index contributed by atoms with van der Waals surface area (Å²) in [6, 6.07) is 10.9. The molecule has 11 heavy (non-hydrogen) atoms. The fourth-order valence-corrected chi connectivity index (χ4v) is 0.946. The molecule has 0 saturated heterocycles. The van der Waals surface area contributed by atoms with E-state index in [-0.39, 0.29) is 0 Å². The van der Waals surface area contributed by atoms with Gasteiger partial charge in [-0.3, -0.25) is 0 Å². The van der Waals surface area contributed by atoms with Crippen LogP contribution in [0.1, 0.15) is 0 Å². The van der Waals surface area contributed by atoms with Crippen molar-refractivity contribution in [2.75, 3.05) is 0 Å². The number of aromatic nitrogens is 2. The van der Waals surface area contributed by atoms with Gasteiger partial charge in [0.2, 0.25) is 0 Å². The van der Waals surface area contributed by atoms with E-state index < -0.39 is 0 Å². The molecule has 1 aromatic heterocycles. The fourth-order valence-electron chi connectivity index (χ4n) is 0.946. The Morgan fingerprint density at radius 1 is 1.36 bits per heavy atom. The Balaban J connectivity index is 2.46. The highest BCUT2D eigenvalue weighted by Gasteiger charge is 1.90. The molecule has 0 bridgehead atoms. The maximum Gasteiger partial charge on any atom is 0.0991 e. The molecule has 2 heteroatoms. The van der Waals surface area contributed by atoms with Crippen LogP contribution in [-0.2, 0) is 0 Å². The van der Waals surface area contributed by atoms with E-state index in [9.17, 15) is 0 Å². The van der Waals surface area contributed by atoms with Gasteiger partial charge in [0.05, 0.1) is 12.0 Å². The quantitative estimate of drug-likeness (QED) is 0.593. The number of nitrogens with zero attached hydrogens (tertiary/aromatic N) is 2. The average molecular weight is 143 g/mol. The Hall–Kier alpha value is -1.57. The summed E-state index contributed by atoms with van der Waals surface area (Å²) >= 11 is 0. The summed E-state index contributed by atoms with van der Waals surface area (Å²) in [5, 5.41) is 0. The third kappa shape index (κ3) is 1.15. The number of hydrogen-bond donors (Lipinski definition) is 0. The Labute approximate surface area is 65.1 Å². The molecule has 0 N–H and O–H groups in total. The zero-order chi connectivity index (χ0) is 7.52. The maximum absolute atomic E-state index is 3.94. The minimum absolute atomic E-state index is 1.02. The number of imidazole rings is 1. The molecule has 1 heterocycles. The van der Waals surface area contributed by atoms with E-state index in [2.05, 4.69) is 11.1 Å². The van der Waals surface area contributed by atoms with Crippen molar-refractivity contribution in [1.29, 1.82) is 0 Å². The topological polar surface area (TPSA) is 17.8 Å². The third-order valence-electron chi connectivity index (χ3n) is 1.48. The summed E-state index contributed by atoms with van der Waals surface area (Å²) in [7, 11) is 0. The van der Waals surface area contributed by atoms with E-state index in [0.717, 1.165) is 5.69 Å². The van der Waals surface area contributed by atoms with Gasteiger partial charge in [0.1, 0.15) is 0 Å². The van der Waals surface area contributed by atoms with Gasteiger partial charge in [-0.05, 0) is 6.07 Å². The summed E-state index contributed by atoms with van der Waals surface area (Å²) in [5.41, 5.74) is 1.02. The van der Waals surface area contributed by atoms with Crippen LogP contribution in [-0.4, -0.2) is 9.55 Å². The molecule has 0 unspecified atom stereocenters. The highest BCUT2D eigenvalue weighted by molar-refractivity contribution is 5.29. The van der Waals surface area contributed by atoms with Crippen molar-refractivity contribution < 1.29 is 0 Å². The van der Waals surface area contributed by atoms with Crippen LogP contribution in [0.25, 0.3) is 5.69 Å². The van der Waals surface area contributed by atoms with Crippen LogP contribution in [0.5, 0.6) is 0 Å². The fraction of sp³-hybridized carbons (Fsp3) is 0. The molecule has 0 aliphatic carbocycles. The van der Waals surface area contributed by atoms with Crippen molar-refractivity contribution in [3.05, 3.63) is 49.1 Å². The van der Waals surface area contributed by atoms with Crippen LogP contribution >= 0.6 is 0 Å². The van der Waals surface area contributed by atoms with Crippen molar-refractivity contribution in [2.45, 2.75) is 0 Å². The van der Waals surface area contributed by atoms with Crippen molar-refractivity contribution in [3.8, 4) is 5.69 Å². The zero-order valence-corrected chi connectivity index (χ0v) is 5.94. The molecule has 0 aliphatic heterocycles. The standard InChI is InChI=1S/C9H7N2/c1-2-4-9(5-3-1)11-7-6-10-8-11/h1-4,6-8H. The van der Waals surface area contributed by atoms with E-state index in [1.807, 2.05) is 35.0 Å². The van der Waals surface area contributed by atoms with Gasteiger partial charge in [0.25, 0.3) is 0 Å². The minimum Gasteiger partial charge on any atom is -0.306 e. The van der Waals surface area contributed by atoms with Gasteiger partial charge < -0.3 is 4.57 Å². The summed E-state index contributed by atoms with van der Waals surface area (Å²) in [5.74, 6) is 0. The van der Waals surface area contributed by atoms with Gasteiger partial charge in [-0.1, -0.05) is 18.2 Å². The lowest BCUT2D eigenvalue weighted by atomic mass is 10.3. The van der Waals surface area contributed by atoms with Crippen LogP contribution in [0.3, 0.4) is 0 Å². The largest absolute Gasteiger partial charge is 0.306 e. The summed E-state index contributed by atoms with van der Waals surface area (Å²) in [6.07, 6.45) is 5.40. The second-order valence-corrected chi connectivity index (χ2v) is 2.22. The Kier molecular flexibility index (Phi) is 1.44. The molecule has 0 amide bonds. The molecule has 0 spiro atoms. The van der Waals surface area contributed by atoms with Crippen LogP contribution in [0, 0.1) is 6.07 Å². The lowest BCUT2D eigenvalue weighted by Crippen LogP contribution is -1.87. The number of benzene rings is 1. The van der Waals surface area contributed by atoms with Gasteiger partial charge in [-0.2, -0.15) is 0 Å². The van der Waals surface area contributed by atoms with Gasteiger partial charge in [-0.25, -0.2) is 4.98 Å². The molecule has 2 nitrogen and oxygen atoms in total. The molecule has 0 saturated carbocycles. The van der Waals surface area contributed by atoms with Crippen molar-refractivity contribution >= 4 is 0 Å². The van der Waals surface area contributed by atoms with E-state index >= 15 is 0 Å². The normalized spacial score (nSPS) is 9.82. The summed E-state index contributed by atoms with van der Waals surface area (Å²) < 4.78 is 1.92. The average Bonchev–Trinajstić information content (AvgIpc) is 2.58. The third-order valence-corrected chi connectivity index (χ3v) is 1.48. The SMILES string of the molecule is [c]1ccccc1-n1ccnc1. The van der Waals surface area contributed by atoms with Gasteiger partial charge in [-0.15, -0.1) is 0 Å². The Bertz CT molecular complexity index is 311. The molecule has 0 fully saturated rings. The minimum atomic E-state index is 1.02. The first-order chi connectivity index (χ1) is 5.47. The number of hydrogen-bond acceptors (Lipinski definition) is 1. The van der Waals surface area contributed by atoms with Crippen LogP contribution in [0.15, 0.2) is 43.0 Å². The van der Waals surface area contributed by atoms with Crippen LogP contribution in [0.2, 0.25) is 0 Å². The molecule has 1 radical (unpaired) electrons. The van der Waals surface area contributed by atoms with E-state index in [0.29, 0.717) is 0 Å². The predicted octanol–water partition coefficient (Wildman–Crippen LogP) is 1.67. The highest BCUT2D eigenvalue weighted by atomic mass is 15.0. The highest BCUT2D eigenvalue weighted by Crippen LogP contribution is 2.03. The summed E-state index contributed by atoms with van der Waals surface area (Å²) in [4.78, 5) is 3.94. The first-order valence-corrected chi connectivity index (χ1v) is 3.42. The Morgan fingerprint density at radius 3 is 3.00 bits per heavy atom. The van der Waals surface area contributed by atoms with Gasteiger partial charge >= 0.3 is 0 Å². The molecular formula is C9H7N2. The Morgan fingerprint density at radius 2 is 2.36 bits per heavy atom.